The number of sulfone groups is 1. The number of benzene rings is 2. The summed E-state index contributed by atoms with van der Waals surface area (Å²) in [5, 5.41) is 21.2. The van der Waals surface area contributed by atoms with Crippen molar-refractivity contribution in [2.75, 3.05) is 13.2 Å². The van der Waals surface area contributed by atoms with Crippen molar-refractivity contribution in [1.29, 1.82) is 0 Å². The summed E-state index contributed by atoms with van der Waals surface area (Å²) >= 11 is 0. The van der Waals surface area contributed by atoms with Gasteiger partial charge in [-0.1, -0.05) is 284 Å². The maximum atomic E-state index is 13.7. The molecule has 2 N–H and O–H groups in total. The van der Waals surface area contributed by atoms with Gasteiger partial charge in [0, 0.05) is 0 Å². The lowest BCUT2D eigenvalue weighted by Crippen LogP contribution is -2.11. The Labute approximate surface area is 435 Å². The minimum atomic E-state index is -4.54. The Hall–Kier alpha value is -3.07. The molecule has 71 heavy (non-hydrogen) atoms. The molecule has 0 atom stereocenters. The molecule has 0 spiro atoms. The smallest absolute Gasteiger partial charge is 0.338 e. The summed E-state index contributed by atoms with van der Waals surface area (Å²) in [6.07, 6.45) is 57.2. The van der Waals surface area contributed by atoms with Crippen molar-refractivity contribution in [3.05, 3.63) is 47.5 Å². The molecule has 0 saturated carbocycles. The van der Waals surface area contributed by atoms with Crippen molar-refractivity contribution in [1.82, 2.24) is 0 Å². The zero-order valence-corrected chi connectivity index (χ0v) is 46.6. The largest absolute Gasteiger partial charge is 0.507 e. The van der Waals surface area contributed by atoms with Crippen molar-refractivity contribution < 1.29 is 37.7 Å². The Bertz CT molecular complexity index is 1590. The van der Waals surface area contributed by atoms with E-state index in [1.54, 1.807) is 0 Å². The predicted molar refractivity (Wildman–Crippen MR) is 297 cm³/mol. The Morgan fingerprint density at radius 1 is 0.338 bits per heavy atom. The van der Waals surface area contributed by atoms with Gasteiger partial charge in [0.15, 0.2) is 0 Å². The quantitative estimate of drug-likeness (QED) is 0.0496. The van der Waals surface area contributed by atoms with E-state index in [2.05, 4.69) is 13.8 Å². The van der Waals surface area contributed by atoms with Gasteiger partial charge in [0.05, 0.1) is 24.3 Å². The molecule has 2 rings (SSSR count). The summed E-state index contributed by atoms with van der Waals surface area (Å²) in [5.74, 6) is -2.55. The van der Waals surface area contributed by atoms with Gasteiger partial charge in [0.2, 0.25) is 9.84 Å². The van der Waals surface area contributed by atoms with E-state index in [0.717, 1.165) is 62.8 Å². The highest BCUT2D eigenvalue weighted by Gasteiger charge is 2.28. The third kappa shape index (κ3) is 32.7. The summed E-state index contributed by atoms with van der Waals surface area (Å²) in [5.41, 5.74) is -0.0640. The van der Waals surface area contributed by atoms with Crippen molar-refractivity contribution in [3.63, 3.8) is 0 Å². The lowest BCUT2D eigenvalue weighted by atomic mass is 10.0. The van der Waals surface area contributed by atoms with E-state index < -0.39 is 43.1 Å². The first-order valence-corrected chi connectivity index (χ1v) is 31.5. The van der Waals surface area contributed by atoms with E-state index in [-0.39, 0.29) is 24.3 Å². The molecule has 0 amide bonds. The van der Waals surface area contributed by atoms with E-state index >= 15 is 0 Å². The predicted octanol–water partition coefficient (Wildman–Crippen LogP) is 19.4. The summed E-state index contributed by atoms with van der Waals surface area (Å²) in [6, 6.07) is 6.98. The van der Waals surface area contributed by atoms with E-state index in [1.807, 2.05) is 0 Å². The minimum absolute atomic E-state index is 0.0320. The van der Waals surface area contributed by atoms with E-state index in [9.17, 15) is 28.2 Å². The molecule has 8 nitrogen and oxygen atoms in total. The fourth-order valence-electron chi connectivity index (χ4n) is 9.75. The molecule has 9 heteroatoms. The lowest BCUT2D eigenvalue weighted by molar-refractivity contribution is 0.0488. The molecular formula is C62H106O8S. The van der Waals surface area contributed by atoms with Crippen LogP contribution < -0.4 is 0 Å². The van der Waals surface area contributed by atoms with Crippen LogP contribution in [0.2, 0.25) is 0 Å². The Morgan fingerprint density at radius 2 is 0.535 bits per heavy atom. The third-order valence-corrected chi connectivity index (χ3v) is 16.2. The van der Waals surface area contributed by atoms with Gasteiger partial charge in [-0.05, 0) is 49.2 Å². The fourth-order valence-corrected chi connectivity index (χ4v) is 11.2. The van der Waals surface area contributed by atoms with Crippen LogP contribution >= 0.6 is 0 Å². The number of aromatic hydroxyl groups is 2. The van der Waals surface area contributed by atoms with Crippen molar-refractivity contribution in [3.8, 4) is 11.5 Å². The average molecular weight is 1010 g/mol. The van der Waals surface area contributed by atoms with Gasteiger partial charge in [-0.25, -0.2) is 18.0 Å². The third-order valence-electron chi connectivity index (χ3n) is 14.4. The minimum Gasteiger partial charge on any atom is -0.507 e. The van der Waals surface area contributed by atoms with Gasteiger partial charge in [0.25, 0.3) is 0 Å². The number of unbranched alkanes of at least 4 members (excludes halogenated alkanes) is 42. The summed E-state index contributed by atoms with van der Waals surface area (Å²) < 4.78 is 38.4. The molecule has 0 aliphatic rings. The van der Waals surface area contributed by atoms with Crippen LogP contribution in [0.1, 0.15) is 317 Å². The fraction of sp³-hybridized carbons (Fsp3) is 0.774. The van der Waals surface area contributed by atoms with E-state index in [4.69, 9.17) is 9.47 Å². The van der Waals surface area contributed by atoms with Gasteiger partial charge in [-0.15, -0.1) is 0 Å². The van der Waals surface area contributed by atoms with Gasteiger partial charge in [-0.3, -0.25) is 0 Å². The number of esters is 2. The molecule has 0 radical (unpaired) electrons. The van der Waals surface area contributed by atoms with Crippen LogP contribution in [0.3, 0.4) is 0 Å². The molecule has 2 aromatic carbocycles. The number of hydrogen-bond donors (Lipinski definition) is 2. The molecule has 0 saturated heterocycles. The monoisotopic (exact) mass is 1010 g/mol. The van der Waals surface area contributed by atoms with Crippen LogP contribution in [0, 0.1) is 0 Å². The average Bonchev–Trinajstić information content (AvgIpc) is 3.36. The Morgan fingerprint density at radius 3 is 0.746 bits per heavy atom. The molecule has 2 aromatic rings. The van der Waals surface area contributed by atoms with Gasteiger partial charge < -0.3 is 19.7 Å². The van der Waals surface area contributed by atoms with Gasteiger partial charge in [0.1, 0.15) is 21.3 Å². The molecular weight excluding hydrogens is 905 g/mol. The normalized spacial score (nSPS) is 11.6. The van der Waals surface area contributed by atoms with E-state index in [1.165, 1.54) is 243 Å². The molecule has 0 unspecified atom stereocenters. The second kappa shape index (κ2) is 44.4. The molecule has 0 fully saturated rings. The number of phenolic OH excluding ortho intramolecular Hbond substituents is 2. The number of phenols is 2. The van der Waals surface area contributed by atoms with Crippen molar-refractivity contribution in [2.24, 2.45) is 0 Å². The highest BCUT2D eigenvalue weighted by Crippen LogP contribution is 2.35. The summed E-state index contributed by atoms with van der Waals surface area (Å²) in [6.45, 7) is 4.99. The summed E-state index contributed by atoms with van der Waals surface area (Å²) in [4.78, 5) is 24.7. The maximum absolute atomic E-state index is 13.7. The maximum Gasteiger partial charge on any atom is 0.338 e. The highest BCUT2D eigenvalue weighted by atomic mass is 32.2. The first-order chi connectivity index (χ1) is 34.7. The number of carbonyl (C=O) groups is 2. The number of carbonyl (C=O) groups excluding carboxylic acids is 2. The van der Waals surface area contributed by atoms with Gasteiger partial charge in [-0.2, -0.15) is 0 Å². The lowest BCUT2D eigenvalue weighted by Gasteiger charge is -2.12. The second-order valence-electron chi connectivity index (χ2n) is 21.0. The molecule has 0 heterocycles. The van der Waals surface area contributed by atoms with Crippen LogP contribution in [0.5, 0.6) is 11.5 Å². The first-order valence-electron chi connectivity index (χ1n) is 30.0. The van der Waals surface area contributed by atoms with Gasteiger partial charge >= 0.3 is 11.9 Å². The molecule has 0 aromatic heterocycles. The zero-order chi connectivity index (χ0) is 51.3. The van der Waals surface area contributed by atoms with Crippen LogP contribution in [0.15, 0.2) is 46.2 Å². The first kappa shape index (κ1) is 64.0. The molecule has 0 aliphatic heterocycles. The van der Waals surface area contributed by atoms with E-state index in [0.29, 0.717) is 12.8 Å². The number of hydrogen-bond acceptors (Lipinski definition) is 8. The highest BCUT2D eigenvalue weighted by molar-refractivity contribution is 7.91. The standard InChI is InChI=1S/C62H106O8S/c1-3-5-7-9-11-13-15-17-19-21-23-25-27-29-31-33-35-37-39-41-43-45-51-69-61(65)55-47-49-57(63)59(53-55)71(67,68)60-54-56(48-50-58(60)64)62(66)70-52-46-44-42-40-38-36-34-32-30-28-26-24-22-20-18-16-14-12-10-8-6-4-2/h47-50,53-54,63-64H,3-46,51-52H2,1-2H3. The van der Waals surface area contributed by atoms with Crippen LogP contribution in [-0.2, 0) is 19.3 Å². The van der Waals surface area contributed by atoms with Crippen LogP contribution in [0.4, 0.5) is 0 Å². The molecule has 0 aliphatic carbocycles. The Kier molecular flexibility index (Phi) is 40.1. The molecule has 408 valence electrons. The zero-order valence-electron chi connectivity index (χ0n) is 45.7. The Balaban J connectivity index is 1.53. The van der Waals surface area contributed by atoms with Crippen LogP contribution in [-0.4, -0.2) is 43.8 Å². The number of ether oxygens (including phenoxy) is 2. The number of rotatable bonds is 50. The SMILES string of the molecule is CCCCCCCCCCCCCCCCCCCCCCCCOC(=O)c1ccc(O)c(S(=O)(=O)c2cc(C(=O)OCCCCCCCCCCCCCCCCCCCCCCCC)ccc2O)c1. The topological polar surface area (TPSA) is 127 Å². The second-order valence-corrected chi connectivity index (χ2v) is 22.9. The van der Waals surface area contributed by atoms with Crippen molar-refractivity contribution in [2.45, 2.75) is 306 Å². The molecule has 0 bridgehead atoms. The van der Waals surface area contributed by atoms with Crippen LogP contribution in [0.25, 0.3) is 0 Å². The van der Waals surface area contributed by atoms with Crippen molar-refractivity contribution >= 4 is 21.8 Å². The summed E-state index contributed by atoms with van der Waals surface area (Å²) in [7, 11) is -4.54.